The minimum Gasteiger partial charge on any atom is -0.376 e. The number of amides is 1. The van der Waals surface area contributed by atoms with Crippen LogP contribution in [0, 0.1) is 0 Å². The first-order valence-corrected chi connectivity index (χ1v) is 5.87. The maximum absolute atomic E-state index is 11.6. The van der Waals surface area contributed by atoms with Crippen molar-refractivity contribution in [2.45, 2.75) is 44.2 Å². The van der Waals surface area contributed by atoms with Crippen molar-refractivity contribution in [3.8, 4) is 0 Å². The van der Waals surface area contributed by atoms with Gasteiger partial charge >= 0.3 is 0 Å². The molecule has 0 N–H and O–H groups in total. The van der Waals surface area contributed by atoms with E-state index < -0.39 is 0 Å². The monoisotopic (exact) mass is 209 g/mol. The summed E-state index contributed by atoms with van der Waals surface area (Å²) in [7, 11) is 0. The smallest absolute Gasteiger partial charge is 0.246 e. The number of carbonyl (C=O) groups excluding carboxylic acids is 1. The van der Waals surface area contributed by atoms with Gasteiger partial charge < -0.3 is 9.64 Å². The maximum Gasteiger partial charge on any atom is 0.246 e. The van der Waals surface area contributed by atoms with E-state index in [1.165, 1.54) is 18.9 Å². The van der Waals surface area contributed by atoms with Crippen LogP contribution in [0.1, 0.15) is 32.1 Å². The summed E-state index contributed by atoms with van der Waals surface area (Å²) in [5, 5.41) is 0. The Kier molecular flexibility index (Phi) is 3.41. The fourth-order valence-electron chi connectivity index (χ4n) is 2.64. The molecule has 0 radical (unpaired) electrons. The molecule has 2 rings (SSSR count). The van der Waals surface area contributed by atoms with Crippen LogP contribution in [-0.2, 0) is 9.53 Å². The summed E-state index contributed by atoms with van der Waals surface area (Å²) in [5.74, 6) is 0.0617. The molecule has 15 heavy (non-hydrogen) atoms. The zero-order valence-electron chi connectivity index (χ0n) is 9.15. The molecule has 0 aromatic carbocycles. The third-order valence-electron chi connectivity index (χ3n) is 3.40. The van der Waals surface area contributed by atoms with Gasteiger partial charge in [0.25, 0.3) is 0 Å². The lowest BCUT2D eigenvalue weighted by molar-refractivity contribution is -0.130. The average molecular weight is 209 g/mol. The van der Waals surface area contributed by atoms with E-state index in [1.807, 2.05) is 4.90 Å². The van der Waals surface area contributed by atoms with Crippen LogP contribution >= 0.6 is 0 Å². The molecule has 0 saturated carbocycles. The first-order valence-electron chi connectivity index (χ1n) is 5.87. The summed E-state index contributed by atoms with van der Waals surface area (Å²) >= 11 is 0. The summed E-state index contributed by atoms with van der Waals surface area (Å²) in [6.45, 7) is 5.28. The highest BCUT2D eigenvalue weighted by Gasteiger charge is 2.34. The normalized spacial score (nSPS) is 31.6. The van der Waals surface area contributed by atoms with Crippen molar-refractivity contribution in [3.05, 3.63) is 12.7 Å². The van der Waals surface area contributed by atoms with Crippen LogP contribution in [0.15, 0.2) is 12.7 Å². The Hall–Kier alpha value is -0.830. The molecule has 2 heterocycles. The van der Waals surface area contributed by atoms with Gasteiger partial charge in [0.2, 0.25) is 5.91 Å². The van der Waals surface area contributed by atoms with Crippen molar-refractivity contribution >= 4 is 5.91 Å². The second kappa shape index (κ2) is 4.79. The number of rotatable bonds is 2. The predicted octanol–water partition coefficient (Wildman–Crippen LogP) is 1.73. The molecule has 0 aromatic heterocycles. The predicted molar refractivity (Wildman–Crippen MR) is 58.5 cm³/mol. The van der Waals surface area contributed by atoms with Crippen LogP contribution in [0.2, 0.25) is 0 Å². The molecule has 0 aliphatic carbocycles. The maximum atomic E-state index is 11.6. The highest BCUT2D eigenvalue weighted by Crippen LogP contribution is 2.27. The second-order valence-electron chi connectivity index (χ2n) is 4.35. The van der Waals surface area contributed by atoms with Crippen molar-refractivity contribution in [2.75, 3.05) is 13.2 Å². The molecule has 2 fully saturated rings. The van der Waals surface area contributed by atoms with Crippen LogP contribution in [0.25, 0.3) is 0 Å². The largest absolute Gasteiger partial charge is 0.376 e. The Morgan fingerprint density at radius 3 is 2.87 bits per heavy atom. The molecule has 0 aromatic rings. The zero-order chi connectivity index (χ0) is 10.7. The van der Waals surface area contributed by atoms with Crippen LogP contribution in [0.5, 0.6) is 0 Å². The Bertz CT molecular complexity index is 246. The van der Waals surface area contributed by atoms with Crippen LogP contribution in [0.4, 0.5) is 0 Å². The molecule has 3 nitrogen and oxygen atoms in total. The molecule has 2 aliphatic heterocycles. The van der Waals surface area contributed by atoms with Gasteiger partial charge in [-0.1, -0.05) is 6.58 Å². The Morgan fingerprint density at radius 1 is 1.33 bits per heavy atom. The van der Waals surface area contributed by atoms with Gasteiger partial charge in [0.1, 0.15) is 0 Å². The van der Waals surface area contributed by atoms with E-state index in [1.54, 1.807) is 0 Å². The van der Waals surface area contributed by atoms with Gasteiger partial charge in [-0.3, -0.25) is 4.79 Å². The zero-order valence-corrected chi connectivity index (χ0v) is 9.15. The summed E-state index contributed by atoms with van der Waals surface area (Å²) in [5.41, 5.74) is 0. The third-order valence-corrected chi connectivity index (χ3v) is 3.40. The standard InChI is InChI=1S/C12H19NO2/c1-2-12(14)13-8-5-6-10(13)11-7-3-4-9-15-11/h2,10-11H,1,3-9H2. The lowest BCUT2D eigenvalue weighted by Crippen LogP contribution is -2.44. The van der Waals surface area contributed by atoms with Crippen LogP contribution < -0.4 is 0 Å². The molecule has 2 unspecified atom stereocenters. The number of carbonyl (C=O) groups is 1. The lowest BCUT2D eigenvalue weighted by atomic mass is 10.00. The fraction of sp³-hybridized carbons (Fsp3) is 0.750. The molecular formula is C12H19NO2. The van der Waals surface area contributed by atoms with Crippen molar-refractivity contribution in [1.29, 1.82) is 0 Å². The third kappa shape index (κ3) is 2.23. The summed E-state index contributed by atoms with van der Waals surface area (Å²) < 4.78 is 5.76. The molecular weight excluding hydrogens is 190 g/mol. The van der Waals surface area contributed by atoms with Gasteiger partial charge in [-0.25, -0.2) is 0 Å². The Labute approximate surface area is 91.1 Å². The van der Waals surface area contributed by atoms with Crippen LogP contribution in [-0.4, -0.2) is 36.1 Å². The molecule has 0 spiro atoms. The van der Waals surface area contributed by atoms with Gasteiger partial charge in [-0.2, -0.15) is 0 Å². The van der Waals surface area contributed by atoms with E-state index in [4.69, 9.17) is 4.74 Å². The van der Waals surface area contributed by atoms with E-state index in [0.29, 0.717) is 6.04 Å². The lowest BCUT2D eigenvalue weighted by Gasteiger charge is -2.33. The highest BCUT2D eigenvalue weighted by molar-refractivity contribution is 5.87. The van der Waals surface area contributed by atoms with Crippen LogP contribution in [0.3, 0.4) is 0 Å². The molecule has 3 heteroatoms. The van der Waals surface area contributed by atoms with Crippen molar-refractivity contribution in [1.82, 2.24) is 4.90 Å². The second-order valence-corrected chi connectivity index (χ2v) is 4.35. The number of likely N-dealkylation sites (tertiary alicyclic amines) is 1. The van der Waals surface area contributed by atoms with Gasteiger partial charge in [0.05, 0.1) is 12.1 Å². The van der Waals surface area contributed by atoms with E-state index in [9.17, 15) is 4.79 Å². The molecule has 2 aliphatic rings. The minimum atomic E-state index is 0.0617. The topological polar surface area (TPSA) is 29.5 Å². The fourth-order valence-corrected chi connectivity index (χ4v) is 2.64. The number of nitrogens with zero attached hydrogens (tertiary/aromatic N) is 1. The van der Waals surface area contributed by atoms with Gasteiger partial charge in [-0.15, -0.1) is 0 Å². The van der Waals surface area contributed by atoms with Gasteiger partial charge in [0.15, 0.2) is 0 Å². The number of hydrogen-bond acceptors (Lipinski definition) is 2. The quantitative estimate of drug-likeness (QED) is 0.648. The molecule has 1 amide bonds. The molecule has 2 atom stereocenters. The first-order chi connectivity index (χ1) is 7.33. The summed E-state index contributed by atoms with van der Waals surface area (Å²) in [4.78, 5) is 13.6. The number of hydrogen-bond donors (Lipinski definition) is 0. The van der Waals surface area contributed by atoms with Gasteiger partial charge in [-0.05, 0) is 38.2 Å². The van der Waals surface area contributed by atoms with Crippen molar-refractivity contribution < 1.29 is 9.53 Å². The molecule has 0 bridgehead atoms. The van der Waals surface area contributed by atoms with E-state index in [2.05, 4.69) is 6.58 Å². The van der Waals surface area contributed by atoms with E-state index in [-0.39, 0.29) is 12.0 Å². The van der Waals surface area contributed by atoms with E-state index >= 15 is 0 Å². The minimum absolute atomic E-state index is 0.0617. The first kappa shape index (κ1) is 10.7. The van der Waals surface area contributed by atoms with Crippen molar-refractivity contribution in [2.24, 2.45) is 0 Å². The molecule has 84 valence electrons. The highest BCUT2D eigenvalue weighted by atomic mass is 16.5. The number of ether oxygens (including phenoxy) is 1. The Balaban J connectivity index is 1.99. The summed E-state index contributed by atoms with van der Waals surface area (Å²) in [6.07, 6.45) is 7.38. The molecule has 2 saturated heterocycles. The van der Waals surface area contributed by atoms with E-state index in [0.717, 1.165) is 32.4 Å². The summed E-state index contributed by atoms with van der Waals surface area (Å²) in [6, 6.07) is 0.302. The van der Waals surface area contributed by atoms with Gasteiger partial charge in [0, 0.05) is 13.2 Å². The SMILES string of the molecule is C=CC(=O)N1CCCC1C1CCCCO1. The van der Waals surface area contributed by atoms with Crippen molar-refractivity contribution in [3.63, 3.8) is 0 Å². The Morgan fingerprint density at radius 2 is 2.20 bits per heavy atom. The average Bonchev–Trinajstić information content (AvgIpc) is 2.78.